The van der Waals surface area contributed by atoms with Gasteiger partial charge in [0.05, 0.1) is 17.5 Å². The Labute approximate surface area is 191 Å². The van der Waals surface area contributed by atoms with E-state index in [4.69, 9.17) is 0 Å². The van der Waals surface area contributed by atoms with E-state index in [2.05, 4.69) is 17.5 Å². The monoisotopic (exact) mass is 434 g/mol. The van der Waals surface area contributed by atoms with E-state index in [0.717, 1.165) is 22.9 Å². The molecule has 4 aliphatic carbocycles. The van der Waals surface area contributed by atoms with Crippen molar-refractivity contribution in [1.29, 1.82) is 0 Å². The normalized spacial score (nSPS) is 31.0. The Morgan fingerprint density at radius 1 is 0.788 bits per heavy atom. The smallest absolute Gasteiger partial charge is 0.255 e. The van der Waals surface area contributed by atoms with Crippen LogP contribution < -0.4 is 10.2 Å². The third-order valence-corrected chi connectivity index (χ3v) is 8.09. The highest BCUT2D eigenvalue weighted by atomic mass is 16.2. The molecule has 0 aromatic heterocycles. The Hall–Kier alpha value is -3.73. The summed E-state index contributed by atoms with van der Waals surface area (Å²) in [4.78, 5) is 40.8. The van der Waals surface area contributed by atoms with Crippen LogP contribution >= 0.6 is 0 Å². The summed E-state index contributed by atoms with van der Waals surface area (Å²) < 4.78 is 0. The molecule has 1 aliphatic heterocycles. The molecule has 162 valence electrons. The lowest BCUT2D eigenvalue weighted by molar-refractivity contribution is -0.124. The quantitative estimate of drug-likeness (QED) is 0.482. The van der Waals surface area contributed by atoms with Crippen LogP contribution in [0.3, 0.4) is 0 Å². The number of amides is 3. The first-order valence-corrected chi connectivity index (χ1v) is 11.6. The molecule has 6 atom stereocenters. The maximum Gasteiger partial charge on any atom is 0.255 e. The Balaban J connectivity index is 1.14. The number of carbonyl (C=O) groups is 3. The number of nitrogens with one attached hydrogen (secondary N) is 1. The van der Waals surface area contributed by atoms with Gasteiger partial charge in [-0.2, -0.15) is 0 Å². The van der Waals surface area contributed by atoms with E-state index in [-0.39, 0.29) is 41.4 Å². The summed E-state index contributed by atoms with van der Waals surface area (Å²) in [6.07, 6.45) is 5.50. The van der Waals surface area contributed by atoms with Gasteiger partial charge in [-0.15, -0.1) is 0 Å². The van der Waals surface area contributed by atoms with Gasteiger partial charge in [0.1, 0.15) is 0 Å². The Morgan fingerprint density at radius 2 is 1.42 bits per heavy atom. The highest BCUT2D eigenvalue weighted by Crippen LogP contribution is 2.65. The maximum atomic E-state index is 13.3. The van der Waals surface area contributed by atoms with E-state index in [1.54, 1.807) is 24.3 Å². The van der Waals surface area contributed by atoms with Crippen LogP contribution in [0.2, 0.25) is 0 Å². The number of fused-ring (bicyclic) bond motifs is 1. The Kier molecular flexibility index (Phi) is 3.78. The molecule has 3 fully saturated rings. The third kappa shape index (κ3) is 2.62. The lowest BCUT2D eigenvalue weighted by Gasteiger charge is -2.37. The zero-order chi connectivity index (χ0) is 22.3. The van der Waals surface area contributed by atoms with Gasteiger partial charge in [0, 0.05) is 16.6 Å². The SMILES string of the molecule is O=C(Nc1cccc2ccccc12)c1ccc(N2C(=O)[C@@H]3[C@H]4C=C[C@@H]([C@@H]5C[C@@H]45)[C@H]3C2=O)cc1. The van der Waals surface area contributed by atoms with Gasteiger partial charge in [-0.05, 0) is 65.8 Å². The molecule has 8 rings (SSSR count). The number of anilines is 2. The summed E-state index contributed by atoms with van der Waals surface area (Å²) in [7, 11) is 0. The first-order valence-electron chi connectivity index (χ1n) is 11.6. The molecule has 33 heavy (non-hydrogen) atoms. The number of hydrogen-bond acceptors (Lipinski definition) is 3. The minimum absolute atomic E-state index is 0.0809. The van der Waals surface area contributed by atoms with Gasteiger partial charge in [0.25, 0.3) is 5.91 Å². The molecule has 1 N–H and O–H groups in total. The zero-order valence-corrected chi connectivity index (χ0v) is 17.8. The van der Waals surface area contributed by atoms with Crippen LogP contribution in [0.15, 0.2) is 78.9 Å². The number of allylic oxidation sites excluding steroid dienone is 2. The summed E-state index contributed by atoms with van der Waals surface area (Å²) in [5.41, 5.74) is 1.78. The van der Waals surface area contributed by atoms with Crippen LogP contribution in [0.5, 0.6) is 0 Å². The third-order valence-electron chi connectivity index (χ3n) is 8.09. The van der Waals surface area contributed by atoms with Crippen molar-refractivity contribution >= 4 is 39.9 Å². The second-order valence-electron chi connectivity index (χ2n) is 9.69. The number of nitrogens with zero attached hydrogens (tertiary/aromatic N) is 1. The van der Waals surface area contributed by atoms with Crippen molar-refractivity contribution in [2.75, 3.05) is 10.2 Å². The fourth-order valence-electron chi connectivity index (χ4n) is 6.50. The predicted octanol–water partition coefficient (Wildman–Crippen LogP) is 4.65. The van der Waals surface area contributed by atoms with Crippen molar-refractivity contribution in [3.63, 3.8) is 0 Å². The molecule has 5 aliphatic rings. The van der Waals surface area contributed by atoms with E-state index >= 15 is 0 Å². The fraction of sp³-hybridized carbons (Fsp3) is 0.250. The summed E-state index contributed by atoms with van der Waals surface area (Å²) >= 11 is 0. The molecule has 1 saturated heterocycles. The number of hydrogen-bond donors (Lipinski definition) is 1. The van der Waals surface area contributed by atoms with E-state index in [1.807, 2.05) is 42.5 Å². The summed E-state index contributed by atoms with van der Waals surface area (Å²) in [6.45, 7) is 0. The summed E-state index contributed by atoms with van der Waals surface area (Å²) in [5, 5.41) is 5.01. The van der Waals surface area contributed by atoms with Crippen molar-refractivity contribution in [2.24, 2.45) is 35.5 Å². The molecule has 3 aromatic rings. The van der Waals surface area contributed by atoms with Gasteiger partial charge in [-0.3, -0.25) is 19.3 Å². The van der Waals surface area contributed by atoms with Crippen molar-refractivity contribution in [1.82, 2.24) is 0 Å². The summed E-state index contributed by atoms with van der Waals surface area (Å²) in [6, 6.07) is 20.5. The van der Waals surface area contributed by atoms with Crippen LogP contribution in [-0.2, 0) is 9.59 Å². The van der Waals surface area contributed by atoms with Gasteiger partial charge in [0.2, 0.25) is 11.8 Å². The molecule has 5 nitrogen and oxygen atoms in total. The van der Waals surface area contributed by atoms with Crippen molar-refractivity contribution in [2.45, 2.75) is 6.42 Å². The van der Waals surface area contributed by atoms with Crippen LogP contribution in [0.25, 0.3) is 10.8 Å². The van der Waals surface area contributed by atoms with Gasteiger partial charge >= 0.3 is 0 Å². The average molecular weight is 434 g/mol. The van der Waals surface area contributed by atoms with Crippen LogP contribution in [-0.4, -0.2) is 17.7 Å². The van der Waals surface area contributed by atoms with E-state index in [9.17, 15) is 14.4 Å². The van der Waals surface area contributed by atoms with Crippen molar-refractivity contribution in [3.05, 3.63) is 84.4 Å². The van der Waals surface area contributed by atoms with Gasteiger partial charge in [-0.25, -0.2) is 0 Å². The number of imide groups is 1. The minimum Gasteiger partial charge on any atom is -0.321 e. The lowest BCUT2D eigenvalue weighted by Crippen LogP contribution is -2.40. The van der Waals surface area contributed by atoms with E-state index in [0.29, 0.717) is 23.1 Å². The molecule has 1 heterocycles. The molecule has 0 unspecified atom stereocenters. The number of carbonyl (C=O) groups excluding carboxylic acids is 3. The van der Waals surface area contributed by atoms with Crippen molar-refractivity contribution in [3.8, 4) is 0 Å². The molecule has 3 aromatic carbocycles. The summed E-state index contributed by atoms with van der Waals surface area (Å²) in [5.74, 6) is 0.750. The van der Waals surface area contributed by atoms with Crippen molar-refractivity contribution < 1.29 is 14.4 Å². The first-order chi connectivity index (χ1) is 16.1. The molecule has 0 radical (unpaired) electrons. The van der Waals surface area contributed by atoms with E-state index in [1.165, 1.54) is 4.90 Å². The molecular weight excluding hydrogens is 412 g/mol. The molecule has 2 saturated carbocycles. The minimum atomic E-state index is -0.229. The highest BCUT2D eigenvalue weighted by molar-refractivity contribution is 6.23. The topological polar surface area (TPSA) is 66.5 Å². The Bertz CT molecular complexity index is 1330. The van der Waals surface area contributed by atoms with Gasteiger partial charge in [-0.1, -0.05) is 48.6 Å². The van der Waals surface area contributed by atoms with Crippen LogP contribution in [0.1, 0.15) is 16.8 Å². The fourth-order valence-corrected chi connectivity index (χ4v) is 6.50. The van der Waals surface area contributed by atoms with Gasteiger partial charge in [0.15, 0.2) is 0 Å². The van der Waals surface area contributed by atoms with Crippen LogP contribution in [0, 0.1) is 35.5 Å². The maximum absolute atomic E-state index is 13.3. The van der Waals surface area contributed by atoms with Crippen LogP contribution in [0.4, 0.5) is 11.4 Å². The average Bonchev–Trinajstić information content (AvgIpc) is 3.63. The largest absolute Gasteiger partial charge is 0.321 e. The van der Waals surface area contributed by atoms with Gasteiger partial charge < -0.3 is 5.32 Å². The first kappa shape index (κ1) is 18.8. The Morgan fingerprint density at radius 3 is 2.12 bits per heavy atom. The zero-order valence-electron chi connectivity index (χ0n) is 17.8. The molecular formula is C28H22N2O3. The highest BCUT2D eigenvalue weighted by Gasteiger charge is 2.67. The second kappa shape index (κ2) is 6.64. The number of benzene rings is 3. The number of rotatable bonds is 3. The predicted molar refractivity (Wildman–Crippen MR) is 126 cm³/mol. The second-order valence-corrected chi connectivity index (χ2v) is 9.69. The molecule has 3 amide bonds. The standard InChI is InChI=1S/C28H22N2O3/c31-26(29-23-7-3-5-15-4-1-2-6-18(15)23)16-8-10-17(11-9-16)30-27(32)24-19-12-13-20(22-14-21(19)22)25(24)28(30)33/h1-13,19-22,24-25H,14H2,(H,29,31)/t19-,20-,21-,22-,24+,25+/m0/s1. The molecule has 0 spiro atoms. The molecule has 2 bridgehead atoms. The van der Waals surface area contributed by atoms with E-state index < -0.39 is 0 Å². The molecule has 5 heteroatoms. The lowest BCUT2D eigenvalue weighted by atomic mass is 9.63.